The van der Waals surface area contributed by atoms with Crippen molar-refractivity contribution < 1.29 is 23.7 Å². The summed E-state index contributed by atoms with van der Waals surface area (Å²) in [6.07, 6.45) is 0. The van der Waals surface area contributed by atoms with E-state index in [0.29, 0.717) is 40.9 Å². The zero-order chi connectivity index (χ0) is 22.0. The van der Waals surface area contributed by atoms with Crippen LogP contribution in [0.15, 0.2) is 36.4 Å². The Morgan fingerprint density at radius 3 is 2.61 bits per heavy atom. The van der Waals surface area contributed by atoms with Crippen molar-refractivity contribution in [2.24, 2.45) is 0 Å². The van der Waals surface area contributed by atoms with Crippen LogP contribution in [-0.2, 0) is 6.54 Å². The molecule has 1 aliphatic rings. The second-order valence-electron chi connectivity index (χ2n) is 7.01. The highest BCUT2D eigenvalue weighted by Crippen LogP contribution is 2.36. The Kier molecular flexibility index (Phi) is 5.99. The van der Waals surface area contributed by atoms with Gasteiger partial charge in [0.05, 0.1) is 19.9 Å². The van der Waals surface area contributed by atoms with Crippen molar-refractivity contribution in [2.45, 2.75) is 20.4 Å². The topological polar surface area (TPSA) is 70.1 Å². The van der Waals surface area contributed by atoms with Gasteiger partial charge in [0, 0.05) is 18.7 Å². The summed E-state index contributed by atoms with van der Waals surface area (Å²) in [4.78, 5) is 20.4. The largest absolute Gasteiger partial charge is 0.493 e. The summed E-state index contributed by atoms with van der Waals surface area (Å²) in [7, 11) is 3.19. The molecule has 0 saturated heterocycles. The first-order chi connectivity index (χ1) is 15.0. The van der Waals surface area contributed by atoms with Crippen LogP contribution in [0.5, 0.6) is 23.0 Å². The van der Waals surface area contributed by atoms with Crippen molar-refractivity contribution in [3.63, 3.8) is 0 Å². The lowest BCUT2D eigenvalue weighted by molar-refractivity contribution is 0.0756. The van der Waals surface area contributed by atoms with Crippen LogP contribution in [0.1, 0.15) is 27.9 Å². The summed E-state index contributed by atoms with van der Waals surface area (Å²) in [6.45, 7) is 5.12. The number of hydrogen-bond donors (Lipinski definition) is 0. The summed E-state index contributed by atoms with van der Waals surface area (Å²) < 4.78 is 21.5. The van der Waals surface area contributed by atoms with Crippen LogP contribution in [0.25, 0.3) is 10.6 Å². The number of carbonyl (C=O) groups is 1. The number of aromatic nitrogens is 1. The van der Waals surface area contributed by atoms with Crippen molar-refractivity contribution in [3.05, 3.63) is 52.5 Å². The smallest absolute Gasteiger partial charge is 0.266 e. The molecule has 0 saturated carbocycles. The minimum absolute atomic E-state index is 0.0399. The van der Waals surface area contributed by atoms with Crippen LogP contribution in [0.2, 0.25) is 0 Å². The number of hydrogen-bond acceptors (Lipinski definition) is 7. The molecule has 1 aliphatic heterocycles. The Labute approximate surface area is 185 Å². The second kappa shape index (κ2) is 8.85. The first-order valence-corrected chi connectivity index (χ1v) is 10.7. The Morgan fingerprint density at radius 2 is 1.87 bits per heavy atom. The summed E-state index contributed by atoms with van der Waals surface area (Å²) in [5, 5.41) is 0.765. The molecule has 2 heterocycles. The fourth-order valence-corrected chi connectivity index (χ4v) is 4.45. The molecular weight excluding hydrogens is 416 g/mol. The third-order valence-corrected chi connectivity index (χ3v) is 6.30. The standard InChI is InChI=1S/C23H24N2O5S/c1-5-25(12-15-6-8-18-20(10-15)30-13-29-18)23(26)21-14(2)24-22(31-21)16-7-9-17(27-3)19(11-16)28-4/h6-11H,5,12-13H2,1-4H3. The number of carbonyl (C=O) groups excluding carboxylic acids is 1. The predicted octanol–water partition coefficient (Wildman–Crippen LogP) is 4.53. The summed E-state index contributed by atoms with van der Waals surface area (Å²) >= 11 is 1.38. The summed E-state index contributed by atoms with van der Waals surface area (Å²) in [6, 6.07) is 11.4. The highest BCUT2D eigenvalue weighted by molar-refractivity contribution is 7.17. The van der Waals surface area contributed by atoms with Gasteiger partial charge in [0.15, 0.2) is 23.0 Å². The lowest BCUT2D eigenvalue weighted by Gasteiger charge is -2.20. The average molecular weight is 441 g/mol. The van der Waals surface area contributed by atoms with E-state index in [-0.39, 0.29) is 12.7 Å². The number of rotatable bonds is 7. The Bertz CT molecular complexity index is 1110. The Morgan fingerprint density at radius 1 is 1.10 bits per heavy atom. The van der Waals surface area contributed by atoms with Crippen LogP contribution in [0.3, 0.4) is 0 Å². The van der Waals surface area contributed by atoms with E-state index in [1.165, 1.54) is 11.3 Å². The van der Waals surface area contributed by atoms with Crippen LogP contribution < -0.4 is 18.9 Å². The molecule has 7 nitrogen and oxygen atoms in total. The van der Waals surface area contributed by atoms with Crippen molar-refractivity contribution >= 4 is 17.2 Å². The number of aryl methyl sites for hydroxylation is 1. The van der Waals surface area contributed by atoms with Gasteiger partial charge < -0.3 is 23.8 Å². The van der Waals surface area contributed by atoms with Gasteiger partial charge in [-0.25, -0.2) is 4.98 Å². The van der Waals surface area contributed by atoms with Gasteiger partial charge in [-0.1, -0.05) is 6.07 Å². The lowest BCUT2D eigenvalue weighted by Crippen LogP contribution is -2.30. The molecule has 0 aliphatic carbocycles. The maximum absolute atomic E-state index is 13.3. The van der Waals surface area contributed by atoms with Gasteiger partial charge in [-0.15, -0.1) is 11.3 Å². The highest BCUT2D eigenvalue weighted by atomic mass is 32.1. The number of ether oxygens (including phenoxy) is 4. The summed E-state index contributed by atoms with van der Waals surface area (Å²) in [5.41, 5.74) is 2.58. The van der Waals surface area contributed by atoms with E-state index in [1.54, 1.807) is 19.1 Å². The molecule has 162 valence electrons. The van der Waals surface area contributed by atoms with E-state index in [4.69, 9.17) is 18.9 Å². The zero-order valence-corrected chi connectivity index (χ0v) is 18.7. The fraction of sp³-hybridized carbons (Fsp3) is 0.304. The number of methoxy groups -OCH3 is 2. The van der Waals surface area contributed by atoms with Crippen LogP contribution in [-0.4, -0.2) is 43.3 Å². The van der Waals surface area contributed by atoms with Crippen molar-refractivity contribution in [2.75, 3.05) is 27.6 Å². The molecule has 0 unspecified atom stereocenters. The molecule has 0 N–H and O–H groups in total. The number of fused-ring (bicyclic) bond motifs is 1. The fourth-order valence-electron chi connectivity index (χ4n) is 3.42. The molecule has 0 spiro atoms. The van der Waals surface area contributed by atoms with Gasteiger partial charge in [-0.05, 0) is 49.7 Å². The molecule has 0 atom stereocenters. The van der Waals surface area contributed by atoms with E-state index < -0.39 is 0 Å². The van der Waals surface area contributed by atoms with Crippen molar-refractivity contribution in [3.8, 4) is 33.6 Å². The highest BCUT2D eigenvalue weighted by Gasteiger charge is 2.23. The van der Waals surface area contributed by atoms with Crippen LogP contribution in [0, 0.1) is 6.92 Å². The first-order valence-electron chi connectivity index (χ1n) is 9.91. The Hall–Kier alpha value is -3.26. The monoisotopic (exact) mass is 440 g/mol. The van der Waals surface area contributed by atoms with Gasteiger partial charge in [0.2, 0.25) is 6.79 Å². The lowest BCUT2D eigenvalue weighted by atomic mass is 10.2. The normalized spacial score (nSPS) is 12.0. The van der Waals surface area contributed by atoms with Gasteiger partial charge in [-0.3, -0.25) is 4.79 Å². The van der Waals surface area contributed by atoms with E-state index in [0.717, 1.165) is 21.9 Å². The average Bonchev–Trinajstić information content (AvgIpc) is 3.42. The molecular formula is C23H24N2O5S. The van der Waals surface area contributed by atoms with E-state index in [9.17, 15) is 4.79 Å². The summed E-state index contributed by atoms with van der Waals surface area (Å²) in [5.74, 6) is 2.68. The third-order valence-electron chi connectivity index (χ3n) is 5.10. The van der Waals surface area contributed by atoms with E-state index in [1.807, 2.05) is 50.2 Å². The van der Waals surface area contributed by atoms with Crippen LogP contribution >= 0.6 is 11.3 Å². The van der Waals surface area contributed by atoms with E-state index in [2.05, 4.69) is 4.98 Å². The molecule has 1 amide bonds. The van der Waals surface area contributed by atoms with Crippen molar-refractivity contribution in [1.29, 1.82) is 0 Å². The number of benzene rings is 2. The molecule has 0 bridgehead atoms. The molecule has 8 heteroatoms. The minimum atomic E-state index is -0.0399. The minimum Gasteiger partial charge on any atom is -0.493 e. The third kappa shape index (κ3) is 4.16. The number of nitrogens with zero attached hydrogens (tertiary/aromatic N) is 2. The second-order valence-corrected chi connectivity index (χ2v) is 8.01. The van der Waals surface area contributed by atoms with Crippen molar-refractivity contribution in [1.82, 2.24) is 9.88 Å². The van der Waals surface area contributed by atoms with Gasteiger partial charge in [0.25, 0.3) is 5.91 Å². The maximum atomic E-state index is 13.3. The van der Waals surface area contributed by atoms with Gasteiger partial charge in [-0.2, -0.15) is 0 Å². The Balaban J connectivity index is 1.57. The molecule has 3 aromatic rings. The molecule has 0 fully saturated rings. The molecule has 0 radical (unpaired) electrons. The maximum Gasteiger partial charge on any atom is 0.266 e. The van der Waals surface area contributed by atoms with Crippen LogP contribution in [0.4, 0.5) is 0 Å². The molecule has 4 rings (SSSR count). The van der Waals surface area contributed by atoms with E-state index >= 15 is 0 Å². The molecule has 2 aromatic carbocycles. The predicted molar refractivity (Wildman–Crippen MR) is 118 cm³/mol. The molecule has 1 aromatic heterocycles. The SMILES string of the molecule is CCN(Cc1ccc2c(c1)OCO2)C(=O)c1sc(-c2ccc(OC)c(OC)c2)nc1C. The molecule has 31 heavy (non-hydrogen) atoms. The first kappa shape index (κ1) is 21.0. The quantitative estimate of drug-likeness (QED) is 0.538. The van der Waals surface area contributed by atoms with Gasteiger partial charge >= 0.3 is 0 Å². The zero-order valence-electron chi connectivity index (χ0n) is 17.9. The van der Waals surface area contributed by atoms with Gasteiger partial charge in [0.1, 0.15) is 9.88 Å². The number of amides is 1. The number of thiazole rings is 1.